The number of aliphatic hydroxyl groups excluding tert-OH is 1. The van der Waals surface area contributed by atoms with Crippen molar-refractivity contribution in [1.82, 2.24) is 5.43 Å². The molecule has 0 spiro atoms. The number of alkyl halides is 1. The van der Waals surface area contributed by atoms with E-state index in [-0.39, 0.29) is 5.41 Å². The molecular weight excluding hydrogens is 421 g/mol. The molecule has 2 unspecified atom stereocenters. The van der Waals surface area contributed by atoms with Crippen molar-refractivity contribution in [3.8, 4) is 0 Å². The summed E-state index contributed by atoms with van der Waals surface area (Å²) in [7, 11) is 0. The topological polar surface area (TPSA) is 56.7 Å². The number of thiocarbonyl (C=S) groups is 1. The second-order valence-corrected chi connectivity index (χ2v) is 7.97. The lowest BCUT2D eigenvalue weighted by Gasteiger charge is -2.16. The normalized spacial score (nSPS) is 21.3. The van der Waals surface area contributed by atoms with Gasteiger partial charge in [-0.15, -0.1) is 0 Å². The van der Waals surface area contributed by atoms with Gasteiger partial charge in [-0.25, -0.2) is 0 Å². The molecule has 23 heavy (non-hydrogen) atoms. The molecule has 0 saturated heterocycles. The second-order valence-electron chi connectivity index (χ2n) is 5.69. The highest BCUT2D eigenvalue weighted by Crippen LogP contribution is 2.31. The highest BCUT2D eigenvalue weighted by molar-refractivity contribution is 14.1. The Morgan fingerprint density at radius 3 is 2.87 bits per heavy atom. The van der Waals surface area contributed by atoms with E-state index in [1.165, 1.54) is 5.56 Å². The zero-order valence-electron chi connectivity index (χ0n) is 13.1. The largest absolute Gasteiger partial charge is 0.508 e. The van der Waals surface area contributed by atoms with Gasteiger partial charge in [0.2, 0.25) is 0 Å². The van der Waals surface area contributed by atoms with E-state index in [1.54, 1.807) is 12.3 Å². The van der Waals surface area contributed by atoms with Crippen molar-refractivity contribution in [2.24, 2.45) is 10.5 Å². The maximum Gasteiger partial charge on any atom is 0.191 e. The van der Waals surface area contributed by atoms with Crippen LogP contribution in [-0.4, -0.2) is 16.4 Å². The van der Waals surface area contributed by atoms with Gasteiger partial charge >= 0.3 is 0 Å². The Labute approximate surface area is 155 Å². The number of hydrogen-bond acceptors (Lipinski definition) is 3. The predicted molar refractivity (Wildman–Crippen MR) is 109 cm³/mol. The van der Waals surface area contributed by atoms with Gasteiger partial charge in [0.05, 0.1) is 0 Å². The number of nitrogens with zero attached hydrogens (tertiary/aromatic N) is 1. The zero-order chi connectivity index (χ0) is 16.9. The third-order valence-corrected chi connectivity index (χ3v) is 4.40. The molecule has 0 saturated carbocycles. The minimum absolute atomic E-state index is 0.187. The average Bonchev–Trinajstić information content (AvgIpc) is 2.84. The summed E-state index contributed by atoms with van der Waals surface area (Å²) in [6.45, 7) is 4.17. The number of rotatable bonds is 5. The van der Waals surface area contributed by atoms with Gasteiger partial charge in [-0.1, -0.05) is 53.8 Å². The lowest BCUT2D eigenvalue weighted by atomic mass is 9.90. The van der Waals surface area contributed by atoms with Gasteiger partial charge in [0, 0.05) is 21.2 Å². The van der Waals surface area contributed by atoms with Crippen molar-refractivity contribution < 1.29 is 5.11 Å². The van der Waals surface area contributed by atoms with E-state index in [0.29, 0.717) is 21.2 Å². The molecule has 1 aliphatic rings. The average molecular weight is 441 g/mol. The van der Waals surface area contributed by atoms with Crippen molar-refractivity contribution in [3.63, 3.8) is 0 Å². The number of nitrogens with one attached hydrogen (secondary N) is 2. The van der Waals surface area contributed by atoms with Crippen LogP contribution in [0, 0.1) is 5.41 Å². The molecule has 1 aromatic carbocycles. The Kier molecular flexibility index (Phi) is 6.17. The highest BCUT2D eigenvalue weighted by atomic mass is 127. The number of hydrazone groups is 1. The fraction of sp³-hybridized carbons (Fsp3) is 0.294. The van der Waals surface area contributed by atoms with E-state index in [4.69, 9.17) is 12.2 Å². The summed E-state index contributed by atoms with van der Waals surface area (Å²) in [5.41, 5.74) is 4.83. The summed E-state index contributed by atoms with van der Waals surface area (Å²) in [4.78, 5) is 0. The van der Waals surface area contributed by atoms with E-state index < -0.39 is 0 Å². The molecule has 2 rings (SSSR count). The van der Waals surface area contributed by atoms with Crippen LogP contribution >= 0.6 is 34.8 Å². The molecule has 0 radical (unpaired) electrons. The van der Waals surface area contributed by atoms with Crippen molar-refractivity contribution in [3.05, 3.63) is 53.8 Å². The molecule has 3 N–H and O–H groups in total. The van der Waals surface area contributed by atoms with E-state index in [9.17, 15) is 5.11 Å². The van der Waals surface area contributed by atoms with Crippen LogP contribution in [0.4, 0.5) is 5.69 Å². The molecule has 0 aromatic heterocycles. The number of halogens is 1. The van der Waals surface area contributed by atoms with Crippen LogP contribution in [0.25, 0.3) is 0 Å². The monoisotopic (exact) mass is 441 g/mol. The second kappa shape index (κ2) is 7.92. The minimum Gasteiger partial charge on any atom is -0.508 e. The first-order valence-corrected chi connectivity index (χ1v) is 8.97. The van der Waals surface area contributed by atoms with Crippen LogP contribution in [0.3, 0.4) is 0 Å². The maximum atomic E-state index is 9.43. The molecule has 1 aliphatic carbocycles. The van der Waals surface area contributed by atoms with Gasteiger partial charge in [0.1, 0.15) is 5.76 Å². The van der Waals surface area contributed by atoms with Crippen LogP contribution in [0.15, 0.2) is 53.4 Å². The van der Waals surface area contributed by atoms with Gasteiger partial charge < -0.3 is 10.4 Å². The van der Waals surface area contributed by atoms with Gasteiger partial charge in [-0.3, -0.25) is 5.43 Å². The fourth-order valence-electron chi connectivity index (χ4n) is 2.29. The number of anilines is 1. The standard InChI is InChI=1S/C17H20IN3OS/c1-12(18)14-5-3-4-6-15(14)20-16(23)21-19-10-9-17(2)8-7-13(22)11-17/h3-8,10-12,22H,9H2,1-2H3,(H2,20,21,23)/b19-10-. The van der Waals surface area contributed by atoms with Crippen LogP contribution in [0.2, 0.25) is 0 Å². The Balaban J connectivity index is 1.86. The SMILES string of the molecule is CC(I)c1ccccc1NC(=S)N/N=C\CC1(C)C=CC(O)=C1. The first-order valence-electron chi connectivity index (χ1n) is 7.32. The molecule has 1 aromatic rings. The molecule has 0 bridgehead atoms. The first-order chi connectivity index (χ1) is 10.9. The lowest BCUT2D eigenvalue weighted by Crippen LogP contribution is -2.24. The van der Waals surface area contributed by atoms with E-state index in [1.807, 2.05) is 37.3 Å². The van der Waals surface area contributed by atoms with Crippen molar-refractivity contribution in [1.29, 1.82) is 0 Å². The number of hydrogen-bond donors (Lipinski definition) is 3. The molecular formula is C17H20IN3OS. The summed E-state index contributed by atoms with van der Waals surface area (Å²) in [6, 6.07) is 8.07. The Bertz CT molecular complexity index is 670. The van der Waals surface area contributed by atoms with Gasteiger partial charge in [-0.05, 0) is 49.3 Å². The molecule has 0 amide bonds. The molecule has 4 nitrogen and oxygen atoms in total. The number of aliphatic hydroxyl groups is 1. The van der Waals surface area contributed by atoms with Gasteiger partial charge in [0.15, 0.2) is 5.11 Å². The summed E-state index contributed by atoms with van der Waals surface area (Å²) < 4.78 is 0.385. The first kappa shape index (κ1) is 17.9. The predicted octanol–water partition coefficient (Wildman–Crippen LogP) is 4.86. The summed E-state index contributed by atoms with van der Waals surface area (Å²) >= 11 is 7.65. The smallest absolute Gasteiger partial charge is 0.191 e. The van der Waals surface area contributed by atoms with E-state index in [2.05, 4.69) is 51.4 Å². The number of benzene rings is 1. The zero-order valence-corrected chi connectivity index (χ0v) is 16.1. The van der Waals surface area contributed by atoms with Crippen molar-refractivity contribution in [2.45, 2.75) is 24.2 Å². The minimum atomic E-state index is -0.187. The summed E-state index contributed by atoms with van der Waals surface area (Å²) in [5, 5.41) is 17.2. The van der Waals surface area contributed by atoms with Gasteiger partial charge in [0.25, 0.3) is 0 Å². The summed E-state index contributed by atoms with van der Waals surface area (Å²) in [5.74, 6) is 0.301. The van der Waals surface area contributed by atoms with Crippen molar-refractivity contribution >= 4 is 51.8 Å². The van der Waals surface area contributed by atoms with Crippen molar-refractivity contribution in [2.75, 3.05) is 5.32 Å². The number of para-hydroxylation sites is 1. The maximum absolute atomic E-state index is 9.43. The molecule has 0 fully saturated rings. The Hall–Kier alpha value is -1.41. The molecule has 2 atom stereocenters. The van der Waals surface area contributed by atoms with Crippen LogP contribution in [-0.2, 0) is 0 Å². The van der Waals surface area contributed by atoms with Gasteiger partial charge in [-0.2, -0.15) is 5.10 Å². The van der Waals surface area contributed by atoms with E-state index in [0.717, 1.165) is 5.69 Å². The van der Waals surface area contributed by atoms with E-state index >= 15 is 0 Å². The molecule has 0 aliphatic heterocycles. The molecule has 122 valence electrons. The number of allylic oxidation sites excluding steroid dienone is 3. The lowest BCUT2D eigenvalue weighted by molar-refractivity contribution is 0.426. The van der Waals surface area contributed by atoms with Crippen LogP contribution in [0.5, 0.6) is 0 Å². The fourth-order valence-corrected chi connectivity index (χ4v) is 3.00. The summed E-state index contributed by atoms with van der Waals surface area (Å²) in [6.07, 6.45) is 7.93. The molecule has 0 heterocycles. The van der Waals surface area contributed by atoms with Crippen LogP contribution in [0.1, 0.15) is 29.8 Å². The molecule has 6 heteroatoms. The highest BCUT2D eigenvalue weighted by Gasteiger charge is 2.21. The Morgan fingerprint density at radius 1 is 1.48 bits per heavy atom. The van der Waals surface area contributed by atoms with Crippen LogP contribution < -0.4 is 10.7 Å². The third-order valence-electron chi connectivity index (χ3n) is 3.54. The Morgan fingerprint density at radius 2 is 2.22 bits per heavy atom. The quantitative estimate of drug-likeness (QED) is 0.201. The third kappa shape index (κ3) is 5.31.